The molecule has 3 amide bonds. The molecular formula is C12H13N5O3S. The van der Waals surface area contributed by atoms with Gasteiger partial charge in [-0.1, -0.05) is 6.07 Å². The number of amides is 3. The second-order valence-corrected chi connectivity index (χ2v) is 5.01. The highest BCUT2D eigenvalue weighted by Gasteiger charge is 2.10. The summed E-state index contributed by atoms with van der Waals surface area (Å²) in [6, 6.07) is 4.82. The zero-order chi connectivity index (χ0) is 15.2. The number of nitrogens with one attached hydrogen (secondary N) is 3. The smallest absolute Gasteiger partial charge is 0.266 e. The molecule has 0 fully saturated rings. The minimum atomic E-state index is -0.661. The van der Waals surface area contributed by atoms with Crippen LogP contribution in [0.15, 0.2) is 23.6 Å². The lowest BCUT2D eigenvalue weighted by atomic mass is 10.3. The first-order valence-corrected chi connectivity index (χ1v) is 6.91. The van der Waals surface area contributed by atoms with Gasteiger partial charge in [0.2, 0.25) is 5.91 Å². The highest BCUT2D eigenvalue weighted by Crippen LogP contribution is 2.08. The number of aromatic amines is 1. The Morgan fingerprint density at radius 2 is 2.19 bits per heavy atom. The van der Waals surface area contributed by atoms with E-state index in [-0.39, 0.29) is 36.3 Å². The predicted molar refractivity (Wildman–Crippen MR) is 77.0 cm³/mol. The van der Waals surface area contributed by atoms with Crippen LogP contribution in [0.1, 0.15) is 26.6 Å². The maximum atomic E-state index is 11.6. The first-order valence-electron chi connectivity index (χ1n) is 6.03. The highest BCUT2D eigenvalue weighted by molar-refractivity contribution is 7.12. The minimum absolute atomic E-state index is 0.0931. The molecule has 8 nitrogen and oxygen atoms in total. The summed E-state index contributed by atoms with van der Waals surface area (Å²) in [7, 11) is 0. The van der Waals surface area contributed by atoms with E-state index in [1.807, 2.05) is 0 Å². The third-order valence-corrected chi connectivity index (χ3v) is 3.36. The van der Waals surface area contributed by atoms with Crippen LogP contribution < -0.4 is 16.4 Å². The molecule has 2 aromatic heterocycles. The van der Waals surface area contributed by atoms with Gasteiger partial charge in [-0.25, -0.2) is 0 Å². The van der Waals surface area contributed by atoms with Gasteiger partial charge in [-0.05, 0) is 11.4 Å². The summed E-state index contributed by atoms with van der Waals surface area (Å²) >= 11 is 1.33. The van der Waals surface area contributed by atoms with Gasteiger partial charge in [-0.3, -0.25) is 19.5 Å². The van der Waals surface area contributed by atoms with E-state index >= 15 is 0 Å². The molecule has 0 aliphatic rings. The average Bonchev–Trinajstić information content (AvgIpc) is 3.09. The average molecular weight is 307 g/mol. The number of hydrogen-bond donors (Lipinski definition) is 4. The standard InChI is InChI=1S/C12H13N5O3S/c13-11(19)7-6-9(17-16-7)15-10(18)3-4-14-12(20)8-2-1-5-21-8/h1-2,5-6H,3-4H2,(H2,13,19)(H,14,20)(H2,15,16,17,18). The number of primary amides is 1. The molecule has 0 aromatic carbocycles. The summed E-state index contributed by atoms with van der Waals surface area (Å²) in [4.78, 5) is 34.7. The third kappa shape index (κ3) is 4.14. The number of aromatic nitrogens is 2. The maximum absolute atomic E-state index is 11.6. The van der Waals surface area contributed by atoms with E-state index < -0.39 is 5.91 Å². The molecule has 0 aliphatic carbocycles. The fourth-order valence-corrected chi connectivity index (χ4v) is 2.14. The van der Waals surface area contributed by atoms with E-state index in [0.29, 0.717) is 4.88 Å². The molecular weight excluding hydrogens is 294 g/mol. The number of thiophene rings is 1. The highest BCUT2D eigenvalue weighted by atomic mass is 32.1. The van der Waals surface area contributed by atoms with Crippen molar-refractivity contribution in [3.05, 3.63) is 34.2 Å². The summed E-state index contributed by atoms with van der Waals surface area (Å²) in [5, 5.41) is 13.0. The van der Waals surface area contributed by atoms with Crippen LogP contribution in [0.5, 0.6) is 0 Å². The Labute approximate surface area is 123 Å². The zero-order valence-electron chi connectivity index (χ0n) is 10.9. The van der Waals surface area contributed by atoms with Crippen LogP contribution in [0, 0.1) is 0 Å². The van der Waals surface area contributed by atoms with Gasteiger partial charge in [0, 0.05) is 19.0 Å². The zero-order valence-corrected chi connectivity index (χ0v) is 11.7. The van der Waals surface area contributed by atoms with Crippen molar-refractivity contribution < 1.29 is 14.4 Å². The number of nitrogens with zero attached hydrogens (tertiary/aromatic N) is 1. The molecule has 0 bridgehead atoms. The number of hydrogen-bond acceptors (Lipinski definition) is 5. The summed E-state index contributed by atoms with van der Waals surface area (Å²) in [5.41, 5.74) is 5.16. The summed E-state index contributed by atoms with van der Waals surface area (Å²) < 4.78 is 0. The van der Waals surface area contributed by atoms with Crippen LogP contribution in [-0.4, -0.2) is 34.5 Å². The molecule has 0 radical (unpaired) electrons. The Kier molecular flexibility index (Phi) is 4.67. The number of carbonyl (C=O) groups excluding carboxylic acids is 3. The normalized spacial score (nSPS) is 10.1. The lowest BCUT2D eigenvalue weighted by molar-refractivity contribution is -0.116. The van der Waals surface area contributed by atoms with Gasteiger partial charge in [0.1, 0.15) is 5.69 Å². The number of anilines is 1. The van der Waals surface area contributed by atoms with E-state index in [4.69, 9.17) is 5.73 Å². The molecule has 0 atom stereocenters. The minimum Gasteiger partial charge on any atom is -0.364 e. The summed E-state index contributed by atoms with van der Waals surface area (Å²) in [6.45, 7) is 0.204. The SMILES string of the molecule is NC(=O)c1cc(NC(=O)CCNC(=O)c2cccs2)n[nH]1. The van der Waals surface area contributed by atoms with Crippen molar-refractivity contribution in [3.8, 4) is 0 Å². The molecule has 21 heavy (non-hydrogen) atoms. The topological polar surface area (TPSA) is 130 Å². The number of rotatable bonds is 6. The van der Waals surface area contributed by atoms with Crippen molar-refractivity contribution >= 4 is 34.9 Å². The van der Waals surface area contributed by atoms with Crippen molar-refractivity contribution in [2.75, 3.05) is 11.9 Å². The molecule has 9 heteroatoms. The van der Waals surface area contributed by atoms with Crippen molar-refractivity contribution in [2.45, 2.75) is 6.42 Å². The van der Waals surface area contributed by atoms with Gasteiger partial charge < -0.3 is 16.4 Å². The third-order valence-electron chi connectivity index (χ3n) is 2.49. The number of nitrogens with two attached hydrogens (primary N) is 1. The second kappa shape index (κ2) is 6.66. The summed E-state index contributed by atoms with van der Waals surface area (Å²) in [6.07, 6.45) is 0.0931. The molecule has 5 N–H and O–H groups in total. The molecule has 2 aromatic rings. The quantitative estimate of drug-likeness (QED) is 0.612. The van der Waals surface area contributed by atoms with Gasteiger partial charge in [0.05, 0.1) is 4.88 Å². The van der Waals surface area contributed by atoms with E-state index in [1.54, 1.807) is 17.5 Å². The molecule has 0 saturated carbocycles. The predicted octanol–water partition coefficient (Wildman–Crippen LogP) is 0.329. The van der Waals surface area contributed by atoms with E-state index in [2.05, 4.69) is 20.8 Å². The molecule has 0 aliphatic heterocycles. The molecule has 0 spiro atoms. The Hall–Kier alpha value is -2.68. The molecule has 110 valence electrons. The lowest BCUT2D eigenvalue weighted by Gasteiger charge is -2.03. The fourth-order valence-electron chi connectivity index (χ4n) is 1.50. The van der Waals surface area contributed by atoms with E-state index in [1.165, 1.54) is 17.4 Å². The first kappa shape index (κ1) is 14.7. The van der Waals surface area contributed by atoms with Gasteiger partial charge in [0.25, 0.3) is 11.8 Å². The van der Waals surface area contributed by atoms with Crippen LogP contribution in [0.3, 0.4) is 0 Å². The molecule has 2 heterocycles. The monoisotopic (exact) mass is 307 g/mol. The Bertz CT molecular complexity index is 650. The molecule has 0 saturated heterocycles. The lowest BCUT2D eigenvalue weighted by Crippen LogP contribution is -2.27. The Morgan fingerprint density at radius 1 is 1.38 bits per heavy atom. The van der Waals surface area contributed by atoms with Gasteiger partial charge in [-0.2, -0.15) is 5.10 Å². The van der Waals surface area contributed by atoms with E-state index in [0.717, 1.165) is 0 Å². The van der Waals surface area contributed by atoms with Crippen LogP contribution >= 0.6 is 11.3 Å². The fraction of sp³-hybridized carbons (Fsp3) is 0.167. The Morgan fingerprint density at radius 3 is 2.81 bits per heavy atom. The van der Waals surface area contributed by atoms with Crippen LogP contribution in [0.25, 0.3) is 0 Å². The Balaban J connectivity index is 1.74. The van der Waals surface area contributed by atoms with Crippen LogP contribution in [0.4, 0.5) is 5.82 Å². The van der Waals surface area contributed by atoms with Crippen molar-refractivity contribution in [1.29, 1.82) is 0 Å². The van der Waals surface area contributed by atoms with Gasteiger partial charge in [0.15, 0.2) is 5.82 Å². The van der Waals surface area contributed by atoms with Gasteiger partial charge in [-0.15, -0.1) is 11.3 Å². The summed E-state index contributed by atoms with van der Waals surface area (Å²) in [5.74, 6) is -0.998. The second-order valence-electron chi connectivity index (χ2n) is 4.06. The van der Waals surface area contributed by atoms with Crippen LogP contribution in [0.2, 0.25) is 0 Å². The number of H-pyrrole nitrogens is 1. The number of carbonyl (C=O) groups is 3. The van der Waals surface area contributed by atoms with Crippen molar-refractivity contribution in [3.63, 3.8) is 0 Å². The largest absolute Gasteiger partial charge is 0.364 e. The maximum Gasteiger partial charge on any atom is 0.266 e. The molecule has 2 rings (SSSR count). The molecule has 0 unspecified atom stereocenters. The van der Waals surface area contributed by atoms with Crippen LogP contribution in [-0.2, 0) is 4.79 Å². The van der Waals surface area contributed by atoms with Crippen molar-refractivity contribution in [2.24, 2.45) is 5.73 Å². The first-order chi connectivity index (χ1) is 10.1. The van der Waals surface area contributed by atoms with Gasteiger partial charge >= 0.3 is 0 Å². The van der Waals surface area contributed by atoms with E-state index in [9.17, 15) is 14.4 Å². The van der Waals surface area contributed by atoms with Crippen molar-refractivity contribution in [1.82, 2.24) is 15.5 Å².